The summed E-state index contributed by atoms with van der Waals surface area (Å²) in [4.78, 5) is 29.2. The Morgan fingerprint density at radius 2 is 2.07 bits per heavy atom. The fourth-order valence-electron chi connectivity index (χ4n) is 3.51. The summed E-state index contributed by atoms with van der Waals surface area (Å²) in [5.74, 6) is -0.276. The van der Waals surface area contributed by atoms with Gasteiger partial charge in [0.1, 0.15) is 0 Å². The second kappa shape index (κ2) is 8.20. The van der Waals surface area contributed by atoms with Gasteiger partial charge in [-0.1, -0.05) is 6.07 Å². The van der Waals surface area contributed by atoms with Crippen molar-refractivity contribution in [3.63, 3.8) is 0 Å². The Hall–Kier alpha value is -3.94. The fourth-order valence-corrected chi connectivity index (χ4v) is 3.51. The average Bonchev–Trinajstić information content (AvgIpc) is 3.18. The van der Waals surface area contributed by atoms with Crippen LogP contribution in [0.4, 0.5) is 10.5 Å². The molecule has 0 aliphatic carbocycles. The van der Waals surface area contributed by atoms with Gasteiger partial charge in [-0.3, -0.25) is 14.5 Å². The molecule has 8 heteroatoms. The zero-order valence-corrected chi connectivity index (χ0v) is 16.4. The molecule has 30 heavy (non-hydrogen) atoms. The second-order valence-electron chi connectivity index (χ2n) is 7.13. The first kappa shape index (κ1) is 19.4. The molecule has 0 bridgehead atoms. The van der Waals surface area contributed by atoms with Gasteiger partial charge < -0.3 is 15.3 Å². The number of fused-ring (bicyclic) bond motifs is 1. The van der Waals surface area contributed by atoms with Gasteiger partial charge >= 0.3 is 6.09 Å². The van der Waals surface area contributed by atoms with Crippen LogP contribution >= 0.6 is 0 Å². The highest BCUT2D eigenvalue weighted by atomic mass is 16.4. The smallest absolute Gasteiger partial charge is 0.407 e. The van der Waals surface area contributed by atoms with Gasteiger partial charge in [-0.25, -0.2) is 4.79 Å². The van der Waals surface area contributed by atoms with Crippen LogP contribution in [0.5, 0.6) is 0 Å². The highest BCUT2D eigenvalue weighted by Gasteiger charge is 2.20. The number of aryl methyl sites for hydroxylation is 1. The number of aromatic nitrogens is 3. The Morgan fingerprint density at radius 3 is 2.83 bits per heavy atom. The summed E-state index contributed by atoms with van der Waals surface area (Å²) in [6.45, 7) is 0.815. The zero-order valence-electron chi connectivity index (χ0n) is 16.4. The van der Waals surface area contributed by atoms with Crippen molar-refractivity contribution in [3.8, 4) is 11.1 Å². The van der Waals surface area contributed by atoms with Crippen molar-refractivity contribution in [2.75, 3.05) is 11.9 Å². The first-order valence-electron chi connectivity index (χ1n) is 9.51. The summed E-state index contributed by atoms with van der Waals surface area (Å²) in [6.07, 6.45) is 9.99. The first-order valence-corrected chi connectivity index (χ1v) is 9.51. The van der Waals surface area contributed by atoms with E-state index in [9.17, 15) is 14.7 Å². The molecule has 3 aromatic rings. The van der Waals surface area contributed by atoms with Crippen LogP contribution in [0.25, 0.3) is 17.2 Å². The number of benzene rings is 1. The van der Waals surface area contributed by atoms with E-state index in [1.54, 1.807) is 29.3 Å². The van der Waals surface area contributed by atoms with Crippen LogP contribution in [0.2, 0.25) is 0 Å². The lowest BCUT2D eigenvalue weighted by Crippen LogP contribution is -2.34. The van der Waals surface area contributed by atoms with Crippen LogP contribution in [-0.4, -0.2) is 43.3 Å². The number of hydrogen-bond donors (Lipinski definition) is 2. The molecule has 1 aromatic carbocycles. The van der Waals surface area contributed by atoms with E-state index >= 15 is 0 Å². The zero-order chi connectivity index (χ0) is 21.1. The van der Waals surface area contributed by atoms with Crippen molar-refractivity contribution in [2.24, 2.45) is 7.05 Å². The molecule has 2 N–H and O–H groups in total. The quantitative estimate of drug-likeness (QED) is 0.652. The molecule has 0 saturated carbocycles. The van der Waals surface area contributed by atoms with E-state index in [1.165, 1.54) is 11.0 Å². The van der Waals surface area contributed by atoms with E-state index in [2.05, 4.69) is 15.4 Å². The number of nitrogens with zero attached hydrogens (tertiary/aromatic N) is 4. The number of hydrogen-bond acceptors (Lipinski definition) is 4. The summed E-state index contributed by atoms with van der Waals surface area (Å²) in [7, 11) is 1.85. The van der Waals surface area contributed by atoms with E-state index in [-0.39, 0.29) is 5.91 Å². The van der Waals surface area contributed by atoms with Gasteiger partial charge in [0.25, 0.3) is 0 Å². The van der Waals surface area contributed by atoms with E-state index < -0.39 is 6.09 Å². The molecule has 1 aliphatic rings. The van der Waals surface area contributed by atoms with Gasteiger partial charge in [-0.15, -0.1) is 0 Å². The van der Waals surface area contributed by atoms with E-state index in [0.29, 0.717) is 25.2 Å². The van der Waals surface area contributed by atoms with E-state index in [4.69, 9.17) is 0 Å². The number of carbonyl (C=O) groups excluding carboxylic acids is 1. The Morgan fingerprint density at radius 1 is 1.20 bits per heavy atom. The first-order chi connectivity index (χ1) is 14.5. The number of carbonyl (C=O) groups is 2. The molecular formula is C22H21N5O3. The number of carboxylic acid groups (broad SMARTS) is 1. The maximum Gasteiger partial charge on any atom is 0.407 e. The Bertz CT molecular complexity index is 1140. The molecule has 2 aromatic heterocycles. The topological polar surface area (TPSA) is 100 Å². The van der Waals surface area contributed by atoms with Gasteiger partial charge in [0.15, 0.2) is 0 Å². The van der Waals surface area contributed by atoms with Crippen molar-refractivity contribution in [2.45, 2.75) is 13.0 Å². The van der Waals surface area contributed by atoms with Crippen molar-refractivity contribution < 1.29 is 14.7 Å². The summed E-state index contributed by atoms with van der Waals surface area (Å²) in [5, 5.41) is 16.2. The van der Waals surface area contributed by atoms with Crippen LogP contribution in [0.3, 0.4) is 0 Å². The number of amides is 2. The lowest BCUT2D eigenvalue weighted by Gasteiger charge is -2.26. The van der Waals surface area contributed by atoms with Gasteiger partial charge in [-0.2, -0.15) is 5.10 Å². The Kier molecular flexibility index (Phi) is 5.30. The SMILES string of the molecule is Cn1cc(-c2ccncc2/C=C/C(=O)Nc2ccc3c(c2)CN(C(=O)O)CC3)cn1. The molecule has 8 nitrogen and oxygen atoms in total. The molecule has 152 valence electrons. The summed E-state index contributed by atoms with van der Waals surface area (Å²) >= 11 is 0. The monoisotopic (exact) mass is 403 g/mol. The number of rotatable bonds is 4. The second-order valence-corrected chi connectivity index (χ2v) is 7.13. The van der Waals surface area contributed by atoms with Gasteiger partial charge in [0.05, 0.1) is 6.20 Å². The van der Waals surface area contributed by atoms with Gasteiger partial charge in [-0.05, 0) is 47.4 Å². The van der Waals surface area contributed by atoms with Crippen molar-refractivity contribution in [1.29, 1.82) is 0 Å². The van der Waals surface area contributed by atoms with Crippen LogP contribution in [-0.2, 0) is 24.8 Å². The largest absolute Gasteiger partial charge is 0.465 e. The number of anilines is 1. The summed E-state index contributed by atoms with van der Waals surface area (Å²) < 4.78 is 1.72. The predicted molar refractivity (Wildman–Crippen MR) is 113 cm³/mol. The van der Waals surface area contributed by atoms with Crippen molar-refractivity contribution in [3.05, 3.63) is 71.8 Å². The molecule has 4 rings (SSSR count). The van der Waals surface area contributed by atoms with Crippen LogP contribution in [0, 0.1) is 0 Å². The van der Waals surface area contributed by atoms with E-state index in [1.807, 2.05) is 37.5 Å². The molecule has 0 atom stereocenters. The molecule has 2 amide bonds. The molecule has 0 saturated heterocycles. The highest BCUT2D eigenvalue weighted by molar-refractivity contribution is 6.02. The third kappa shape index (κ3) is 4.22. The van der Waals surface area contributed by atoms with E-state index in [0.717, 1.165) is 27.8 Å². The number of pyridine rings is 1. The van der Waals surface area contributed by atoms with Crippen LogP contribution in [0.1, 0.15) is 16.7 Å². The molecular weight excluding hydrogens is 382 g/mol. The summed E-state index contributed by atoms with van der Waals surface area (Å²) in [5.41, 5.74) is 5.34. The lowest BCUT2D eigenvalue weighted by atomic mass is 9.99. The number of nitrogens with one attached hydrogen (secondary N) is 1. The summed E-state index contributed by atoms with van der Waals surface area (Å²) in [6, 6.07) is 7.50. The molecule has 0 unspecified atom stereocenters. The minimum absolute atomic E-state index is 0.276. The maximum absolute atomic E-state index is 12.4. The third-order valence-electron chi connectivity index (χ3n) is 5.04. The fraction of sp³-hybridized carbons (Fsp3) is 0.182. The van der Waals surface area contributed by atoms with Crippen LogP contribution in [0.15, 0.2) is 55.1 Å². The van der Waals surface area contributed by atoms with Crippen molar-refractivity contribution >= 4 is 23.8 Å². The minimum atomic E-state index is -0.932. The van der Waals surface area contributed by atoms with Crippen molar-refractivity contribution in [1.82, 2.24) is 19.7 Å². The highest BCUT2D eigenvalue weighted by Crippen LogP contribution is 2.24. The van der Waals surface area contributed by atoms with Crippen LogP contribution < -0.4 is 5.32 Å². The molecule has 0 radical (unpaired) electrons. The predicted octanol–water partition coefficient (Wildman–Crippen LogP) is 3.17. The standard InChI is InChI=1S/C22H21N5O3/c1-26-13-18(12-24-26)20-6-8-23-11-16(20)3-5-21(28)25-19-4-2-15-7-9-27(22(29)30)14-17(15)10-19/h2-6,8,10-13H,7,9,14H2,1H3,(H,25,28)(H,29,30)/b5-3+. The Balaban J connectivity index is 1.48. The molecule has 1 aliphatic heterocycles. The molecule has 0 fully saturated rings. The lowest BCUT2D eigenvalue weighted by molar-refractivity contribution is -0.111. The normalized spacial score (nSPS) is 13.3. The molecule has 3 heterocycles. The van der Waals surface area contributed by atoms with Gasteiger partial charge in [0, 0.05) is 61.6 Å². The minimum Gasteiger partial charge on any atom is -0.465 e. The Labute approximate surface area is 173 Å². The third-order valence-corrected chi connectivity index (χ3v) is 5.04. The molecule has 0 spiro atoms. The maximum atomic E-state index is 12.4. The average molecular weight is 403 g/mol. The van der Waals surface area contributed by atoms with Gasteiger partial charge in [0.2, 0.25) is 5.91 Å².